The fourth-order valence-corrected chi connectivity index (χ4v) is 1.67. The second-order valence-electron chi connectivity index (χ2n) is 3.72. The predicted octanol–water partition coefficient (Wildman–Crippen LogP) is 3.99. The van der Waals surface area contributed by atoms with Crippen LogP contribution in [-0.4, -0.2) is 15.9 Å². The van der Waals surface area contributed by atoms with E-state index >= 15 is 0 Å². The third-order valence-corrected chi connectivity index (χ3v) is 2.93. The number of halogens is 5. The SMILES string of the molecule is O=C(Nc1cccc(C(F)(F)F)c1)c1nc(Cl)c(Cl)[nH]1. The Balaban J connectivity index is 2.20. The smallest absolute Gasteiger partial charge is 0.324 e. The zero-order valence-electron chi connectivity index (χ0n) is 9.55. The number of amides is 1. The number of benzene rings is 1. The van der Waals surface area contributed by atoms with Crippen LogP contribution in [0.5, 0.6) is 0 Å². The van der Waals surface area contributed by atoms with Gasteiger partial charge < -0.3 is 10.3 Å². The fraction of sp³-hybridized carbons (Fsp3) is 0.0909. The van der Waals surface area contributed by atoms with Gasteiger partial charge in [-0.3, -0.25) is 4.79 Å². The van der Waals surface area contributed by atoms with E-state index in [1.54, 1.807) is 0 Å². The molecule has 0 aliphatic heterocycles. The number of hydrogen-bond donors (Lipinski definition) is 2. The van der Waals surface area contributed by atoms with E-state index in [0.717, 1.165) is 12.1 Å². The molecule has 1 heterocycles. The van der Waals surface area contributed by atoms with Gasteiger partial charge in [-0.2, -0.15) is 13.2 Å². The minimum absolute atomic E-state index is 0.0199. The number of H-pyrrole nitrogens is 1. The van der Waals surface area contributed by atoms with Crippen molar-refractivity contribution in [2.75, 3.05) is 5.32 Å². The highest BCUT2D eigenvalue weighted by Gasteiger charge is 2.30. The zero-order chi connectivity index (χ0) is 14.9. The molecule has 0 unspecified atom stereocenters. The molecule has 0 aliphatic rings. The predicted molar refractivity (Wildman–Crippen MR) is 68.0 cm³/mol. The van der Waals surface area contributed by atoms with Gasteiger partial charge in [0.1, 0.15) is 5.15 Å². The Morgan fingerprint density at radius 1 is 1.30 bits per heavy atom. The minimum Gasteiger partial charge on any atom is -0.324 e. The first-order valence-electron chi connectivity index (χ1n) is 5.17. The maximum absolute atomic E-state index is 12.5. The number of rotatable bonds is 2. The van der Waals surface area contributed by atoms with Crippen LogP contribution in [0.4, 0.5) is 18.9 Å². The van der Waals surface area contributed by atoms with Crippen molar-refractivity contribution in [2.24, 2.45) is 0 Å². The number of anilines is 1. The van der Waals surface area contributed by atoms with Crippen LogP contribution in [0.2, 0.25) is 10.3 Å². The molecular weight excluding hydrogens is 318 g/mol. The number of hydrogen-bond acceptors (Lipinski definition) is 2. The van der Waals surface area contributed by atoms with Crippen molar-refractivity contribution in [3.05, 3.63) is 46.0 Å². The average Bonchev–Trinajstić information content (AvgIpc) is 2.69. The van der Waals surface area contributed by atoms with Crippen LogP contribution in [0.15, 0.2) is 24.3 Å². The molecule has 0 radical (unpaired) electrons. The highest BCUT2D eigenvalue weighted by atomic mass is 35.5. The number of imidazole rings is 1. The molecule has 2 rings (SSSR count). The highest BCUT2D eigenvalue weighted by Crippen LogP contribution is 2.30. The van der Waals surface area contributed by atoms with Gasteiger partial charge in [-0.1, -0.05) is 29.3 Å². The van der Waals surface area contributed by atoms with Crippen molar-refractivity contribution in [3.8, 4) is 0 Å². The van der Waals surface area contributed by atoms with E-state index in [0.29, 0.717) is 0 Å². The maximum atomic E-state index is 12.5. The molecule has 0 aliphatic carbocycles. The van der Waals surface area contributed by atoms with Gasteiger partial charge in [0, 0.05) is 5.69 Å². The van der Waals surface area contributed by atoms with Crippen LogP contribution in [0.25, 0.3) is 0 Å². The molecule has 0 saturated heterocycles. The van der Waals surface area contributed by atoms with E-state index in [1.165, 1.54) is 12.1 Å². The maximum Gasteiger partial charge on any atom is 0.416 e. The van der Waals surface area contributed by atoms with Crippen LogP contribution in [-0.2, 0) is 6.18 Å². The summed E-state index contributed by atoms with van der Waals surface area (Å²) in [5.74, 6) is -0.949. The average molecular weight is 324 g/mol. The van der Waals surface area contributed by atoms with Gasteiger partial charge in [0.25, 0.3) is 5.91 Å². The van der Waals surface area contributed by atoms with E-state index in [-0.39, 0.29) is 21.8 Å². The summed E-state index contributed by atoms with van der Waals surface area (Å²) in [6, 6.07) is 4.21. The van der Waals surface area contributed by atoms with Gasteiger partial charge in [-0.15, -0.1) is 0 Å². The van der Waals surface area contributed by atoms with Crippen molar-refractivity contribution in [1.29, 1.82) is 0 Å². The first kappa shape index (κ1) is 14.7. The lowest BCUT2D eigenvalue weighted by molar-refractivity contribution is -0.137. The first-order chi connectivity index (χ1) is 9.27. The summed E-state index contributed by atoms with van der Waals surface area (Å²) in [5, 5.41) is 2.14. The van der Waals surface area contributed by atoms with Gasteiger partial charge in [0.05, 0.1) is 5.56 Å². The summed E-state index contributed by atoms with van der Waals surface area (Å²) < 4.78 is 37.6. The van der Waals surface area contributed by atoms with Crippen LogP contribution in [0.3, 0.4) is 0 Å². The normalized spacial score (nSPS) is 11.4. The Morgan fingerprint density at radius 2 is 2.00 bits per heavy atom. The summed E-state index contributed by atoms with van der Waals surface area (Å²) in [6.07, 6.45) is -4.49. The molecule has 0 saturated carbocycles. The molecule has 0 fully saturated rings. The van der Waals surface area contributed by atoms with E-state index < -0.39 is 17.6 Å². The molecule has 1 aromatic heterocycles. The number of nitrogens with one attached hydrogen (secondary N) is 2. The van der Waals surface area contributed by atoms with Crippen molar-refractivity contribution < 1.29 is 18.0 Å². The van der Waals surface area contributed by atoms with Gasteiger partial charge in [-0.25, -0.2) is 4.98 Å². The van der Waals surface area contributed by atoms with Crippen LogP contribution < -0.4 is 5.32 Å². The molecule has 0 atom stereocenters. The van der Waals surface area contributed by atoms with E-state index in [9.17, 15) is 18.0 Å². The van der Waals surface area contributed by atoms with Gasteiger partial charge >= 0.3 is 6.18 Å². The molecule has 4 nitrogen and oxygen atoms in total. The molecule has 2 aromatic rings. The van der Waals surface area contributed by atoms with Crippen molar-refractivity contribution >= 4 is 34.8 Å². The monoisotopic (exact) mass is 323 g/mol. The van der Waals surface area contributed by atoms with E-state index in [4.69, 9.17) is 23.2 Å². The van der Waals surface area contributed by atoms with Gasteiger partial charge in [0.15, 0.2) is 11.0 Å². The molecule has 20 heavy (non-hydrogen) atoms. The van der Waals surface area contributed by atoms with Crippen LogP contribution in [0.1, 0.15) is 16.2 Å². The molecule has 1 aromatic carbocycles. The molecular formula is C11H6Cl2F3N3O. The summed E-state index contributed by atoms with van der Waals surface area (Å²) in [6.45, 7) is 0. The summed E-state index contributed by atoms with van der Waals surface area (Å²) >= 11 is 11.1. The lowest BCUT2D eigenvalue weighted by atomic mass is 10.2. The van der Waals surface area contributed by atoms with Crippen LogP contribution >= 0.6 is 23.2 Å². The van der Waals surface area contributed by atoms with Crippen molar-refractivity contribution in [3.63, 3.8) is 0 Å². The Morgan fingerprint density at radius 3 is 2.55 bits per heavy atom. The number of aromatic amines is 1. The van der Waals surface area contributed by atoms with Crippen molar-refractivity contribution in [2.45, 2.75) is 6.18 Å². The Hall–Kier alpha value is -1.73. The lowest BCUT2D eigenvalue weighted by Gasteiger charge is -2.09. The van der Waals surface area contributed by atoms with E-state index in [2.05, 4.69) is 15.3 Å². The Bertz CT molecular complexity index is 635. The molecule has 9 heteroatoms. The standard InChI is InChI=1S/C11H6Cl2F3N3O/c12-7-8(13)19-9(18-7)10(20)17-6-3-1-2-5(4-6)11(14,15)16/h1-4H,(H,17,20)(H,18,19). The second-order valence-corrected chi connectivity index (χ2v) is 4.46. The number of carbonyl (C=O) groups is 1. The molecule has 106 valence electrons. The summed E-state index contributed by atoms with van der Waals surface area (Å²) in [7, 11) is 0. The second kappa shape index (κ2) is 5.34. The molecule has 2 N–H and O–H groups in total. The fourth-order valence-electron chi connectivity index (χ4n) is 1.40. The van der Waals surface area contributed by atoms with Gasteiger partial charge in [0.2, 0.25) is 0 Å². The third kappa shape index (κ3) is 3.23. The molecule has 0 spiro atoms. The van der Waals surface area contributed by atoms with Crippen LogP contribution in [0, 0.1) is 0 Å². The molecule has 0 bridgehead atoms. The lowest BCUT2D eigenvalue weighted by Crippen LogP contribution is -2.14. The number of carbonyl (C=O) groups excluding carboxylic acids is 1. The number of alkyl halides is 3. The topological polar surface area (TPSA) is 57.8 Å². The van der Waals surface area contributed by atoms with Crippen molar-refractivity contribution in [1.82, 2.24) is 9.97 Å². The highest BCUT2D eigenvalue weighted by molar-refractivity contribution is 6.40. The Kier molecular flexibility index (Phi) is 3.92. The first-order valence-corrected chi connectivity index (χ1v) is 5.92. The zero-order valence-corrected chi connectivity index (χ0v) is 11.1. The number of nitrogens with zero attached hydrogens (tertiary/aromatic N) is 1. The third-order valence-electron chi connectivity index (χ3n) is 2.28. The Labute approximate surface area is 120 Å². The quantitative estimate of drug-likeness (QED) is 0.878. The number of aromatic nitrogens is 2. The summed E-state index contributed by atoms with van der Waals surface area (Å²) in [4.78, 5) is 17.8. The van der Waals surface area contributed by atoms with Gasteiger partial charge in [-0.05, 0) is 18.2 Å². The van der Waals surface area contributed by atoms with E-state index in [1.807, 2.05) is 0 Å². The minimum atomic E-state index is -4.49. The largest absolute Gasteiger partial charge is 0.416 e. The molecule has 1 amide bonds. The summed E-state index contributed by atoms with van der Waals surface area (Å²) in [5.41, 5.74) is -0.890.